The first-order valence-corrected chi connectivity index (χ1v) is 2.05. The summed E-state index contributed by atoms with van der Waals surface area (Å²) in [6, 6.07) is 0. The van der Waals surface area contributed by atoms with Crippen molar-refractivity contribution in [2.75, 3.05) is 0 Å². The number of nitrogens with two attached hydrogens (primary N) is 2. The van der Waals surface area contributed by atoms with Crippen LogP contribution in [0.5, 0.6) is 0 Å². The van der Waals surface area contributed by atoms with Crippen molar-refractivity contribution in [2.24, 2.45) is 11.5 Å². The Labute approximate surface area is 59.5 Å². The summed E-state index contributed by atoms with van der Waals surface area (Å²) < 4.78 is 11.5. The van der Waals surface area contributed by atoms with Gasteiger partial charge in [0.1, 0.15) is 0 Å². The van der Waals surface area contributed by atoms with E-state index in [1.54, 1.807) is 0 Å². The van der Waals surface area contributed by atoms with Gasteiger partial charge in [-0.3, -0.25) is 11.5 Å². The Morgan fingerprint density at radius 1 is 1.50 bits per heavy atom. The van der Waals surface area contributed by atoms with Crippen LogP contribution in [-0.4, -0.2) is 5.96 Å². The molecule has 0 saturated carbocycles. The fourth-order valence-corrected chi connectivity index (χ4v) is 0.158. The standard InChI is InChI=1S/CH4N3OP.Cr.H3N/c2-1(3)4-6-5;;/h(H4,2,3,4,5);;1H3/p+1. The maximum Gasteiger partial charge on any atom is 0.359 e. The Morgan fingerprint density at radius 2 is 1.88 bits per heavy atom. The molecule has 0 heterocycles. The monoisotopic (exact) mass is 175 g/mol. The molecule has 0 aromatic carbocycles. The summed E-state index contributed by atoms with van der Waals surface area (Å²) in [4.78, 5) is 0. The predicted molar refractivity (Wildman–Crippen MR) is 27.0 cm³/mol. The molecule has 0 aliphatic carbocycles. The van der Waals surface area contributed by atoms with Gasteiger partial charge < -0.3 is 6.15 Å². The summed E-state index contributed by atoms with van der Waals surface area (Å²) in [6.45, 7) is 0. The number of guanidine groups is 1. The zero-order valence-electron chi connectivity index (χ0n) is 4.13. The van der Waals surface area contributed by atoms with Crippen molar-refractivity contribution in [3.63, 3.8) is 0 Å². The van der Waals surface area contributed by atoms with Crippen LogP contribution in [0.15, 0.2) is 0 Å². The van der Waals surface area contributed by atoms with Crippen molar-refractivity contribution in [1.29, 1.82) is 0 Å². The molecule has 0 spiro atoms. The van der Waals surface area contributed by atoms with Gasteiger partial charge in [0.15, 0.2) is 0 Å². The summed E-state index contributed by atoms with van der Waals surface area (Å²) in [5.41, 5.74) is 9.56. The van der Waals surface area contributed by atoms with Crippen LogP contribution in [0.1, 0.15) is 0 Å². The summed E-state index contributed by atoms with van der Waals surface area (Å²) in [5.74, 6) is -0.0355. The molecule has 0 rings (SSSR count). The van der Waals surface area contributed by atoms with E-state index in [9.17, 15) is 4.57 Å². The van der Waals surface area contributed by atoms with Gasteiger partial charge in [-0.1, -0.05) is 0 Å². The molecule has 0 aromatic rings. The molecule has 0 aromatic heterocycles. The van der Waals surface area contributed by atoms with E-state index in [4.69, 9.17) is 11.5 Å². The summed E-state index contributed by atoms with van der Waals surface area (Å²) in [7, 11) is -0.263. The fourth-order valence-electron chi connectivity index (χ4n) is 0.0527. The molecule has 5 nitrogen and oxygen atoms in total. The average Bonchev–Trinajstić information content (AvgIpc) is 1.35. The molecule has 0 unspecified atom stereocenters. The third-order valence-corrected chi connectivity index (χ3v) is 0.524. The Morgan fingerprint density at radius 3 is 1.88 bits per heavy atom. The molecule has 0 radical (unpaired) electrons. The van der Waals surface area contributed by atoms with E-state index in [-0.39, 0.29) is 38.1 Å². The van der Waals surface area contributed by atoms with Crippen LogP contribution in [0.2, 0.25) is 0 Å². The van der Waals surface area contributed by atoms with Crippen LogP contribution in [0.25, 0.3) is 0 Å². The van der Waals surface area contributed by atoms with Crippen molar-refractivity contribution >= 4 is 14.6 Å². The number of hydrogen-bond acceptors (Lipinski definition) is 2. The first kappa shape index (κ1) is 15.7. The normalized spacial score (nSPS) is 6.00. The fraction of sp³-hybridized carbons (Fsp3) is 0. The van der Waals surface area contributed by atoms with E-state index in [2.05, 4.69) is 4.76 Å². The van der Waals surface area contributed by atoms with Crippen LogP contribution in [-0.2, 0) is 21.9 Å². The Balaban J connectivity index is -0.000000125. The van der Waals surface area contributed by atoms with E-state index in [0.29, 0.717) is 0 Å². The van der Waals surface area contributed by atoms with Crippen molar-refractivity contribution < 1.29 is 26.7 Å². The molecule has 0 bridgehead atoms. The molecular formula is CH8CrN4OP+. The molecule has 0 fully saturated rings. The second kappa shape index (κ2) is 9.98. The van der Waals surface area contributed by atoms with Gasteiger partial charge >= 0.3 is 14.6 Å². The summed E-state index contributed by atoms with van der Waals surface area (Å²) in [5, 5.41) is 0. The second-order valence-corrected chi connectivity index (χ2v) is 1.06. The van der Waals surface area contributed by atoms with Gasteiger partial charge in [0.25, 0.3) is 0 Å². The molecule has 0 amide bonds. The van der Waals surface area contributed by atoms with Crippen LogP contribution in [0.4, 0.5) is 0 Å². The minimum Gasteiger partial charge on any atom is -0.344 e. The van der Waals surface area contributed by atoms with Crippen LogP contribution in [0.3, 0.4) is 0 Å². The van der Waals surface area contributed by atoms with Gasteiger partial charge in [-0.15, -0.1) is 0 Å². The van der Waals surface area contributed by atoms with Gasteiger partial charge in [0.05, 0.1) is 0 Å². The van der Waals surface area contributed by atoms with Crippen LogP contribution < -0.4 is 22.4 Å². The Kier molecular flexibility index (Phi) is 19.5. The van der Waals surface area contributed by atoms with Crippen LogP contribution >= 0.6 is 8.61 Å². The number of rotatable bonds is 1. The Bertz CT molecular complexity index is 80.1. The van der Waals surface area contributed by atoms with Gasteiger partial charge in [-0.05, 0) is 0 Å². The molecule has 0 saturated heterocycles. The molecule has 8 N–H and O–H groups in total. The number of hydrogen-bond donors (Lipinski definition) is 4. The largest absolute Gasteiger partial charge is 0.359 e. The van der Waals surface area contributed by atoms with Crippen LogP contribution in [0, 0.1) is 0 Å². The van der Waals surface area contributed by atoms with Gasteiger partial charge in [-0.25, -0.2) is 4.57 Å². The van der Waals surface area contributed by atoms with Crippen molar-refractivity contribution in [3.05, 3.63) is 0 Å². The molecule has 48 valence electrons. The van der Waals surface area contributed by atoms with E-state index in [1.807, 2.05) is 0 Å². The molecule has 0 aliphatic heterocycles. The van der Waals surface area contributed by atoms with Crippen molar-refractivity contribution in [1.82, 2.24) is 6.15 Å². The average molecular weight is 175 g/mol. The molecule has 0 aliphatic rings. The summed E-state index contributed by atoms with van der Waals surface area (Å²) in [6.07, 6.45) is 0. The zero-order chi connectivity index (χ0) is 4.99. The molecular weight excluding hydrogens is 167 g/mol. The summed E-state index contributed by atoms with van der Waals surface area (Å²) >= 11 is 0. The quantitative estimate of drug-likeness (QED) is 0.203. The minimum absolute atomic E-state index is 0. The predicted octanol–water partition coefficient (Wildman–Crippen LogP) is -2.29. The Hall–Kier alpha value is -0.138. The van der Waals surface area contributed by atoms with Gasteiger partial charge in [-0.2, -0.15) is 4.76 Å². The van der Waals surface area contributed by atoms with E-state index in [0.717, 1.165) is 0 Å². The topological polar surface area (TPSA) is 118 Å². The molecule has 7 heteroatoms. The minimum atomic E-state index is -0.263. The maximum absolute atomic E-state index is 9.42. The third kappa shape index (κ3) is 16.9. The smallest absolute Gasteiger partial charge is 0.344 e. The zero-order valence-corrected chi connectivity index (χ0v) is 6.29. The first-order valence-electron chi connectivity index (χ1n) is 1.23. The second-order valence-electron chi connectivity index (χ2n) is 0.658. The first-order chi connectivity index (χ1) is 2.77. The van der Waals surface area contributed by atoms with E-state index in [1.165, 1.54) is 0 Å². The van der Waals surface area contributed by atoms with Crippen molar-refractivity contribution in [3.8, 4) is 0 Å². The third-order valence-electron chi connectivity index (χ3n) is 0.175. The van der Waals surface area contributed by atoms with Gasteiger partial charge in [0.2, 0.25) is 0 Å². The molecule has 8 heavy (non-hydrogen) atoms. The van der Waals surface area contributed by atoms with E-state index < -0.39 is 0 Å². The number of nitrogens with one attached hydrogen (secondary N) is 1. The molecule has 0 atom stereocenters. The SMILES string of the molecule is N.NC(N)=[NH+]P=O.[Cr]. The maximum atomic E-state index is 9.42. The van der Waals surface area contributed by atoms with E-state index >= 15 is 0 Å². The van der Waals surface area contributed by atoms with Crippen molar-refractivity contribution in [2.45, 2.75) is 0 Å². The van der Waals surface area contributed by atoms with Gasteiger partial charge in [0, 0.05) is 17.4 Å².